The zero-order chi connectivity index (χ0) is 25.1. The maximum atomic E-state index is 13.6. The van der Waals surface area contributed by atoms with Gasteiger partial charge >= 0.3 is 0 Å². The maximum absolute atomic E-state index is 13.6. The number of anilines is 1. The van der Waals surface area contributed by atoms with E-state index in [0.29, 0.717) is 22.6 Å². The lowest BCUT2D eigenvalue weighted by Crippen LogP contribution is -2.42. The fourth-order valence-corrected chi connectivity index (χ4v) is 4.48. The number of carbonyl (C=O) groups is 2. The number of nitrogens with zero attached hydrogens (tertiary/aromatic N) is 2. The Balaban J connectivity index is 1.60. The Bertz CT molecular complexity index is 1400. The van der Waals surface area contributed by atoms with Crippen LogP contribution in [0, 0.1) is 10.1 Å². The number of nitro groups is 1. The van der Waals surface area contributed by atoms with Crippen molar-refractivity contribution in [2.75, 3.05) is 11.4 Å². The smallest absolute Gasteiger partial charge is 0.269 e. The number of ether oxygens (including phenoxy) is 1. The Morgan fingerprint density at radius 2 is 1.36 bits per heavy atom. The minimum Gasteiger partial charge on any atom is -0.479 e. The zero-order valence-corrected chi connectivity index (χ0v) is 19.2. The van der Waals surface area contributed by atoms with Gasteiger partial charge in [0.05, 0.1) is 11.5 Å². The van der Waals surface area contributed by atoms with E-state index in [2.05, 4.69) is 0 Å². The zero-order valence-electron chi connectivity index (χ0n) is 19.2. The Kier molecular flexibility index (Phi) is 6.28. The van der Waals surface area contributed by atoms with Gasteiger partial charge in [0.25, 0.3) is 5.69 Å². The number of hydrogen-bond acceptors (Lipinski definition) is 6. The SMILES string of the molecule is O=C(CN(c1ccc([N+](=O)[O-])cc1)C1c2ccccc2OC1C(=O)c1ccccc1)c1ccccc1. The number of rotatable bonds is 8. The van der Waals surface area contributed by atoms with E-state index in [9.17, 15) is 19.7 Å². The van der Waals surface area contributed by atoms with Crippen LogP contribution in [0.15, 0.2) is 109 Å². The number of Topliss-reactive ketones (excluding diaryl/α,β-unsaturated/α-hetero) is 2. The number of benzene rings is 4. The van der Waals surface area contributed by atoms with Crippen molar-refractivity contribution in [1.29, 1.82) is 0 Å². The number of ketones is 2. The molecule has 2 unspecified atom stereocenters. The van der Waals surface area contributed by atoms with E-state index in [-0.39, 0.29) is 23.8 Å². The summed E-state index contributed by atoms with van der Waals surface area (Å²) in [5.41, 5.74) is 2.31. The second-order valence-electron chi connectivity index (χ2n) is 8.44. The number of fused-ring (bicyclic) bond motifs is 1. The molecule has 0 saturated heterocycles. The highest BCUT2D eigenvalue weighted by molar-refractivity contribution is 6.02. The normalized spacial score (nSPS) is 16.0. The molecule has 4 aromatic rings. The molecule has 1 aliphatic heterocycles. The van der Waals surface area contributed by atoms with E-state index in [1.54, 1.807) is 71.6 Å². The molecule has 36 heavy (non-hydrogen) atoms. The molecule has 4 aromatic carbocycles. The first-order valence-electron chi connectivity index (χ1n) is 11.5. The standard InChI is InChI=1S/C29H22N2O5/c32-25(20-9-3-1-4-10-20)19-30(22-15-17-23(18-16-22)31(34)35)27-24-13-7-8-14-26(24)36-29(27)28(33)21-11-5-2-6-12-21/h1-18,27,29H,19H2. The fourth-order valence-electron chi connectivity index (χ4n) is 4.48. The Hall–Kier alpha value is -4.78. The highest BCUT2D eigenvalue weighted by atomic mass is 16.6. The van der Waals surface area contributed by atoms with Crippen LogP contribution in [0.4, 0.5) is 11.4 Å². The molecule has 7 nitrogen and oxygen atoms in total. The summed E-state index contributed by atoms with van der Waals surface area (Å²) in [5, 5.41) is 11.2. The van der Waals surface area contributed by atoms with Crippen molar-refractivity contribution in [2.45, 2.75) is 12.1 Å². The first kappa shape index (κ1) is 23.0. The molecule has 7 heteroatoms. The van der Waals surface area contributed by atoms with Gasteiger partial charge in [-0.1, -0.05) is 78.9 Å². The molecule has 2 atom stereocenters. The summed E-state index contributed by atoms with van der Waals surface area (Å²) in [7, 11) is 0. The van der Waals surface area contributed by atoms with Gasteiger partial charge in [-0.3, -0.25) is 19.7 Å². The highest BCUT2D eigenvalue weighted by Crippen LogP contribution is 2.43. The number of para-hydroxylation sites is 1. The van der Waals surface area contributed by atoms with Crippen molar-refractivity contribution in [3.05, 3.63) is 136 Å². The summed E-state index contributed by atoms with van der Waals surface area (Å²) in [6.07, 6.45) is -0.913. The molecule has 0 radical (unpaired) electrons. The highest BCUT2D eigenvalue weighted by Gasteiger charge is 2.43. The number of non-ortho nitro benzene ring substituents is 1. The van der Waals surface area contributed by atoms with Crippen LogP contribution in [0.2, 0.25) is 0 Å². The lowest BCUT2D eigenvalue weighted by molar-refractivity contribution is -0.384. The Morgan fingerprint density at radius 1 is 0.778 bits per heavy atom. The van der Waals surface area contributed by atoms with Crippen LogP contribution in [-0.2, 0) is 0 Å². The van der Waals surface area contributed by atoms with Gasteiger partial charge in [0.15, 0.2) is 11.9 Å². The van der Waals surface area contributed by atoms with E-state index in [0.717, 1.165) is 5.56 Å². The second kappa shape index (κ2) is 9.84. The molecule has 0 bridgehead atoms. The molecule has 0 aliphatic carbocycles. The molecule has 1 heterocycles. The van der Waals surface area contributed by atoms with E-state index >= 15 is 0 Å². The molecule has 0 amide bonds. The summed E-state index contributed by atoms with van der Waals surface area (Å²) < 4.78 is 6.18. The Labute approximate surface area is 207 Å². The average molecular weight is 479 g/mol. The number of carbonyl (C=O) groups excluding carboxylic acids is 2. The van der Waals surface area contributed by atoms with Gasteiger partial charge in [0.1, 0.15) is 11.8 Å². The van der Waals surface area contributed by atoms with E-state index in [1.165, 1.54) is 12.1 Å². The average Bonchev–Trinajstić information content (AvgIpc) is 3.31. The topological polar surface area (TPSA) is 89.8 Å². The summed E-state index contributed by atoms with van der Waals surface area (Å²) in [6.45, 7) is -0.0528. The lowest BCUT2D eigenvalue weighted by Gasteiger charge is -2.33. The van der Waals surface area contributed by atoms with Gasteiger partial charge in [-0.05, 0) is 18.2 Å². The summed E-state index contributed by atoms with van der Waals surface area (Å²) in [5.74, 6) is 0.205. The molecule has 0 fully saturated rings. The van der Waals surface area contributed by atoms with Crippen molar-refractivity contribution >= 4 is 22.9 Å². The van der Waals surface area contributed by atoms with Crippen LogP contribution in [0.5, 0.6) is 5.75 Å². The molecular weight excluding hydrogens is 456 g/mol. The first-order chi connectivity index (χ1) is 17.5. The largest absolute Gasteiger partial charge is 0.479 e. The van der Waals surface area contributed by atoms with E-state index in [4.69, 9.17) is 4.74 Å². The van der Waals surface area contributed by atoms with Gasteiger partial charge in [-0.15, -0.1) is 0 Å². The third-order valence-corrected chi connectivity index (χ3v) is 6.23. The van der Waals surface area contributed by atoms with Gasteiger partial charge in [0, 0.05) is 34.5 Å². The predicted octanol–water partition coefficient (Wildman–Crippen LogP) is 5.67. The van der Waals surface area contributed by atoms with Gasteiger partial charge < -0.3 is 9.64 Å². The predicted molar refractivity (Wildman–Crippen MR) is 136 cm³/mol. The number of nitro benzene ring substituents is 1. The van der Waals surface area contributed by atoms with Crippen LogP contribution in [0.3, 0.4) is 0 Å². The fraction of sp³-hybridized carbons (Fsp3) is 0.103. The van der Waals surface area contributed by atoms with Crippen LogP contribution in [-0.4, -0.2) is 29.1 Å². The quantitative estimate of drug-likeness (QED) is 0.184. The van der Waals surface area contributed by atoms with E-state index < -0.39 is 17.1 Å². The molecule has 0 aromatic heterocycles. The molecular formula is C29H22N2O5. The van der Waals surface area contributed by atoms with Crippen molar-refractivity contribution in [3.63, 3.8) is 0 Å². The summed E-state index contributed by atoms with van der Waals surface area (Å²) >= 11 is 0. The van der Waals surface area contributed by atoms with Crippen molar-refractivity contribution in [1.82, 2.24) is 0 Å². The Morgan fingerprint density at radius 3 is 2.00 bits per heavy atom. The van der Waals surface area contributed by atoms with Crippen molar-refractivity contribution < 1.29 is 19.2 Å². The van der Waals surface area contributed by atoms with Crippen LogP contribution in [0.1, 0.15) is 32.3 Å². The molecule has 1 aliphatic rings. The van der Waals surface area contributed by atoms with Gasteiger partial charge in [-0.2, -0.15) is 0 Å². The monoisotopic (exact) mass is 478 g/mol. The summed E-state index contributed by atoms with van der Waals surface area (Å²) in [4.78, 5) is 39.5. The van der Waals surface area contributed by atoms with Crippen molar-refractivity contribution in [2.24, 2.45) is 0 Å². The maximum Gasteiger partial charge on any atom is 0.269 e. The second-order valence-corrected chi connectivity index (χ2v) is 8.44. The molecule has 0 spiro atoms. The third kappa shape index (κ3) is 4.46. The molecule has 0 saturated carbocycles. The minimum atomic E-state index is -0.913. The van der Waals surface area contributed by atoms with Gasteiger partial charge in [-0.25, -0.2) is 0 Å². The summed E-state index contributed by atoms with van der Waals surface area (Å²) in [6, 6.07) is 30.5. The molecule has 178 valence electrons. The molecule has 5 rings (SSSR count). The van der Waals surface area contributed by atoms with Crippen molar-refractivity contribution in [3.8, 4) is 5.75 Å². The van der Waals surface area contributed by atoms with Crippen LogP contribution in [0.25, 0.3) is 0 Å². The van der Waals surface area contributed by atoms with Gasteiger partial charge in [0.2, 0.25) is 5.78 Å². The molecule has 0 N–H and O–H groups in total. The van der Waals surface area contributed by atoms with E-state index in [1.807, 2.05) is 30.3 Å². The number of hydrogen-bond donors (Lipinski definition) is 0. The minimum absolute atomic E-state index is 0.0528. The lowest BCUT2D eigenvalue weighted by atomic mass is 9.94. The van der Waals surface area contributed by atoms with Crippen LogP contribution >= 0.6 is 0 Å². The first-order valence-corrected chi connectivity index (χ1v) is 11.5. The van der Waals surface area contributed by atoms with Crippen LogP contribution < -0.4 is 9.64 Å². The third-order valence-electron chi connectivity index (χ3n) is 6.23.